The highest BCUT2D eigenvalue weighted by molar-refractivity contribution is 7.90. The van der Waals surface area contributed by atoms with Crippen LogP contribution >= 0.6 is 0 Å². The molecule has 0 amide bonds. The van der Waals surface area contributed by atoms with Crippen molar-refractivity contribution in [1.82, 2.24) is 4.98 Å². The van der Waals surface area contributed by atoms with Gasteiger partial charge in [0.1, 0.15) is 5.75 Å². The lowest BCUT2D eigenvalue weighted by Gasteiger charge is -2.12. The Labute approximate surface area is 110 Å². The van der Waals surface area contributed by atoms with E-state index < -0.39 is 11.2 Å². The average Bonchev–Trinajstić information content (AvgIpc) is 2.33. The van der Waals surface area contributed by atoms with Crippen molar-refractivity contribution in [3.8, 4) is 0 Å². The second kappa shape index (κ2) is 5.42. The number of benzene rings is 1. The lowest BCUT2D eigenvalue weighted by atomic mass is 10.1. The average molecular weight is 260 g/mol. The molecule has 3 nitrogen and oxygen atoms in total. The summed E-state index contributed by atoms with van der Waals surface area (Å²) in [6.07, 6.45) is 1.81. The summed E-state index contributed by atoms with van der Waals surface area (Å²) in [5, 5.41) is 0. The van der Waals surface area contributed by atoms with Crippen molar-refractivity contribution in [2.45, 2.75) is 24.5 Å². The van der Waals surface area contributed by atoms with E-state index >= 15 is 0 Å². The van der Waals surface area contributed by atoms with Gasteiger partial charge in [-0.25, -0.2) is 0 Å². The van der Waals surface area contributed by atoms with Crippen LogP contribution in [0.1, 0.15) is 16.8 Å². The third kappa shape index (κ3) is 3.03. The molecule has 1 heterocycles. The molecule has 4 heteroatoms. The third-order valence-corrected chi connectivity index (χ3v) is 4.16. The third-order valence-electron chi connectivity index (χ3n) is 2.79. The second-order valence-corrected chi connectivity index (χ2v) is 5.76. The van der Waals surface area contributed by atoms with Crippen LogP contribution in [0.2, 0.25) is 0 Å². The van der Waals surface area contributed by atoms with Crippen LogP contribution < -0.4 is 5.73 Å². The van der Waals surface area contributed by atoms with Gasteiger partial charge in [0.2, 0.25) is 0 Å². The minimum absolute atomic E-state index is 0.489. The number of nitrogens with zero attached hydrogens (tertiary/aromatic N) is 1. The Morgan fingerprint density at radius 3 is 2.50 bits per heavy atom. The highest BCUT2D eigenvalue weighted by atomic mass is 32.2. The molecule has 0 aliphatic carbocycles. The Kier molecular flexibility index (Phi) is 3.89. The summed E-state index contributed by atoms with van der Waals surface area (Å²) in [6, 6.07) is 9.17. The number of anilines is 1. The van der Waals surface area contributed by atoms with Crippen molar-refractivity contribution >= 4 is 16.9 Å². The molecule has 0 bridgehead atoms. The maximum Gasteiger partial charge on any atom is 0.153 e. The Bertz CT molecular complexity index is 540. The second-order valence-electron chi connectivity index (χ2n) is 4.31. The molecule has 2 N–H and O–H groups in total. The molecule has 1 aromatic heterocycles. The molecular weight excluding hydrogens is 244 g/mol. The lowest BCUT2D eigenvalue weighted by molar-refractivity contribution is 0.594. The normalized spacial score (nSPS) is 12.4. The number of rotatable bonds is 3. The molecule has 18 heavy (non-hydrogen) atoms. The molecule has 0 fully saturated rings. The molecule has 1 aromatic carbocycles. The van der Waals surface area contributed by atoms with E-state index in [1.54, 1.807) is 18.3 Å². The van der Waals surface area contributed by atoms with Gasteiger partial charge in [-0.2, -0.15) is 0 Å². The first-order chi connectivity index (χ1) is 8.56. The van der Waals surface area contributed by atoms with Gasteiger partial charge in [0.05, 0.1) is 0 Å². The Balaban J connectivity index is 2.15. The Morgan fingerprint density at radius 1 is 1.22 bits per heavy atom. The predicted octanol–water partition coefficient (Wildman–Crippen LogP) is 2.59. The molecule has 1 unspecified atom stereocenters. The molecule has 0 saturated carbocycles. The van der Waals surface area contributed by atoms with E-state index in [0.29, 0.717) is 11.4 Å². The van der Waals surface area contributed by atoms with E-state index in [-0.39, 0.29) is 0 Å². The summed E-state index contributed by atoms with van der Waals surface area (Å²) >= 11 is -1.06. The topological polar surface area (TPSA) is 62.0 Å². The van der Waals surface area contributed by atoms with Gasteiger partial charge in [-0.1, -0.05) is 0 Å². The van der Waals surface area contributed by atoms with Crippen LogP contribution in [0.15, 0.2) is 41.4 Å². The largest absolute Gasteiger partial charge is 0.611 e. The van der Waals surface area contributed by atoms with Crippen molar-refractivity contribution in [3.05, 3.63) is 53.3 Å². The summed E-state index contributed by atoms with van der Waals surface area (Å²) in [4.78, 5) is 5.04. The fourth-order valence-corrected chi connectivity index (χ4v) is 2.91. The summed E-state index contributed by atoms with van der Waals surface area (Å²) in [5.41, 5.74) is 9.43. The van der Waals surface area contributed by atoms with Crippen LogP contribution in [0, 0.1) is 13.8 Å². The number of nitrogens with two attached hydrogens (primary N) is 1. The fraction of sp³-hybridized carbons (Fsp3) is 0.214. The van der Waals surface area contributed by atoms with Crippen LogP contribution in [-0.4, -0.2) is 9.54 Å². The molecule has 0 aliphatic rings. The van der Waals surface area contributed by atoms with Gasteiger partial charge in [-0.15, -0.1) is 0 Å². The molecule has 2 aromatic rings. The van der Waals surface area contributed by atoms with Crippen LogP contribution in [0.3, 0.4) is 0 Å². The smallest absolute Gasteiger partial charge is 0.153 e. The Morgan fingerprint density at radius 2 is 1.89 bits per heavy atom. The van der Waals surface area contributed by atoms with Crippen molar-refractivity contribution in [2.24, 2.45) is 0 Å². The van der Waals surface area contributed by atoms with Crippen LogP contribution in [0.4, 0.5) is 5.69 Å². The number of aromatic nitrogens is 1. The number of nitrogen functional groups attached to an aromatic ring is 1. The maximum atomic E-state index is 12.2. The van der Waals surface area contributed by atoms with Gasteiger partial charge in [-0.3, -0.25) is 4.98 Å². The zero-order valence-electron chi connectivity index (χ0n) is 10.5. The predicted molar refractivity (Wildman–Crippen MR) is 74.7 cm³/mol. The summed E-state index contributed by atoms with van der Waals surface area (Å²) in [5.74, 6) is 0.489. The number of hydrogen-bond donors (Lipinski definition) is 1. The molecule has 0 saturated heterocycles. The van der Waals surface area contributed by atoms with E-state index in [9.17, 15) is 4.55 Å². The summed E-state index contributed by atoms with van der Waals surface area (Å²) in [7, 11) is 0. The quantitative estimate of drug-likeness (QED) is 0.681. The molecule has 94 valence electrons. The number of pyridine rings is 1. The van der Waals surface area contributed by atoms with E-state index in [4.69, 9.17) is 5.73 Å². The van der Waals surface area contributed by atoms with Crippen molar-refractivity contribution < 1.29 is 4.55 Å². The fourth-order valence-electron chi connectivity index (χ4n) is 1.72. The highest BCUT2D eigenvalue weighted by Gasteiger charge is 2.13. The van der Waals surface area contributed by atoms with Crippen molar-refractivity contribution in [2.75, 3.05) is 5.73 Å². The molecule has 0 aliphatic heterocycles. The summed E-state index contributed by atoms with van der Waals surface area (Å²) in [6.45, 7) is 3.97. The molecule has 2 rings (SSSR count). The maximum absolute atomic E-state index is 12.2. The van der Waals surface area contributed by atoms with Crippen LogP contribution in [-0.2, 0) is 16.9 Å². The standard InChI is InChI=1S/C14H16N2OS/c1-10-7-11(2)16-8-12(10)9-18(17)14-5-3-13(15)4-6-14/h3-8H,9,15H2,1-2H3. The minimum Gasteiger partial charge on any atom is -0.611 e. The van der Waals surface area contributed by atoms with E-state index in [1.807, 2.05) is 32.0 Å². The van der Waals surface area contributed by atoms with Crippen molar-refractivity contribution in [3.63, 3.8) is 0 Å². The van der Waals surface area contributed by atoms with Crippen molar-refractivity contribution in [1.29, 1.82) is 0 Å². The molecule has 0 spiro atoms. The number of hydrogen-bond acceptors (Lipinski definition) is 3. The first-order valence-corrected chi connectivity index (χ1v) is 7.04. The van der Waals surface area contributed by atoms with Gasteiger partial charge in [0.15, 0.2) is 4.90 Å². The minimum atomic E-state index is -1.06. The number of aryl methyl sites for hydroxylation is 2. The zero-order chi connectivity index (χ0) is 13.1. The zero-order valence-corrected chi connectivity index (χ0v) is 11.3. The van der Waals surface area contributed by atoms with Gasteiger partial charge in [0, 0.05) is 23.1 Å². The van der Waals surface area contributed by atoms with Crippen LogP contribution in [0.5, 0.6) is 0 Å². The van der Waals surface area contributed by atoms with E-state index in [2.05, 4.69) is 4.98 Å². The van der Waals surface area contributed by atoms with E-state index in [0.717, 1.165) is 21.7 Å². The molecule has 0 radical (unpaired) electrons. The van der Waals surface area contributed by atoms with Crippen LogP contribution in [0.25, 0.3) is 0 Å². The first-order valence-electron chi connectivity index (χ1n) is 5.72. The lowest BCUT2D eigenvalue weighted by Crippen LogP contribution is -2.07. The highest BCUT2D eigenvalue weighted by Crippen LogP contribution is 2.19. The molecule has 1 atom stereocenters. The monoisotopic (exact) mass is 260 g/mol. The van der Waals surface area contributed by atoms with Gasteiger partial charge < -0.3 is 10.3 Å². The molecular formula is C14H16N2OS. The summed E-state index contributed by atoms with van der Waals surface area (Å²) < 4.78 is 12.2. The SMILES string of the molecule is Cc1cc(C)c(C[S+]([O-])c2ccc(N)cc2)cn1. The van der Waals surface area contributed by atoms with Gasteiger partial charge in [-0.05, 0) is 60.9 Å². The van der Waals surface area contributed by atoms with E-state index in [1.165, 1.54) is 0 Å². The Hall–Kier alpha value is -1.52. The first kappa shape index (κ1) is 12.9. The van der Waals surface area contributed by atoms with Gasteiger partial charge in [0.25, 0.3) is 0 Å². The van der Waals surface area contributed by atoms with Gasteiger partial charge >= 0.3 is 0 Å².